The molecule has 1 aliphatic heterocycles. The predicted octanol–water partition coefficient (Wildman–Crippen LogP) is 0.277. The molecule has 0 aliphatic carbocycles. The summed E-state index contributed by atoms with van der Waals surface area (Å²) in [6.45, 7) is 9.87. The van der Waals surface area contributed by atoms with Gasteiger partial charge in [-0.25, -0.2) is 0 Å². The molecule has 5 nitrogen and oxygen atoms in total. The first kappa shape index (κ1) is 16.4. The Kier molecular flexibility index (Phi) is 6.23. The van der Waals surface area contributed by atoms with Crippen LogP contribution in [-0.4, -0.2) is 66.2 Å². The summed E-state index contributed by atoms with van der Waals surface area (Å²) in [4.78, 5) is 16.6. The molecule has 5 heteroatoms. The summed E-state index contributed by atoms with van der Waals surface area (Å²) in [6, 6.07) is 0.244. The predicted molar refractivity (Wildman–Crippen MR) is 76.8 cm³/mol. The van der Waals surface area contributed by atoms with Crippen molar-refractivity contribution < 1.29 is 9.90 Å². The van der Waals surface area contributed by atoms with Gasteiger partial charge in [0.1, 0.15) is 0 Å². The monoisotopic (exact) mass is 271 g/mol. The average Bonchev–Trinajstić information content (AvgIpc) is 2.38. The maximum absolute atomic E-state index is 12.6. The van der Waals surface area contributed by atoms with E-state index in [-0.39, 0.29) is 18.6 Å². The molecule has 0 aromatic carbocycles. The first-order valence-electron chi connectivity index (χ1n) is 7.29. The molecule has 1 amide bonds. The topological polar surface area (TPSA) is 69.8 Å². The highest BCUT2D eigenvalue weighted by Gasteiger charge is 2.34. The van der Waals surface area contributed by atoms with E-state index < -0.39 is 5.41 Å². The number of hydrogen-bond acceptors (Lipinski definition) is 4. The lowest BCUT2D eigenvalue weighted by Crippen LogP contribution is -2.51. The van der Waals surface area contributed by atoms with E-state index in [9.17, 15) is 4.79 Å². The van der Waals surface area contributed by atoms with E-state index >= 15 is 0 Å². The van der Waals surface area contributed by atoms with Crippen LogP contribution in [0.5, 0.6) is 0 Å². The summed E-state index contributed by atoms with van der Waals surface area (Å²) in [5.74, 6) is 0.204. The minimum Gasteiger partial charge on any atom is -0.395 e. The Morgan fingerprint density at radius 1 is 1.42 bits per heavy atom. The highest BCUT2D eigenvalue weighted by molar-refractivity contribution is 5.82. The Hall–Kier alpha value is -0.650. The summed E-state index contributed by atoms with van der Waals surface area (Å²) < 4.78 is 0. The molecule has 0 unspecified atom stereocenters. The zero-order valence-electron chi connectivity index (χ0n) is 12.6. The number of amides is 1. The molecule has 3 N–H and O–H groups in total. The minimum atomic E-state index is -0.410. The first-order chi connectivity index (χ1) is 8.90. The molecular formula is C14H29N3O2. The number of nitrogens with two attached hydrogens (primary N) is 1. The van der Waals surface area contributed by atoms with Crippen LogP contribution in [0.2, 0.25) is 0 Å². The number of likely N-dealkylation sites (N-methyl/N-ethyl adjacent to an activating group) is 1. The molecule has 0 bridgehead atoms. The third-order valence-electron chi connectivity index (χ3n) is 3.89. The SMILES string of the molecule is CCN(CCO)CC(C)(C)C(=O)N1CCC(N)CC1. The van der Waals surface area contributed by atoms with Gasteiger partial charge in [0.2, 0.25) is 5.91 Å². The largest absolute Gasteiger partial charge is 0.395 e. The van der Waals surface area contributed by atoms with Crippen molar-refractivity contribution in [1.29, 1.82) is 0 Å². The zero-order chi connectivity index (χ0) is 14.5. The number of nitrogens with zero attached hydrogens (tertiary/aromatic N) is 2. The molecule has 0 aromatic heterocycles. The van der Waals surface area contributed by atoms with Crippen LogP contribution in [0, 0.1) is 5.41 Å². The van der Waals surface area contributed by atoms with Gasteiger partial charge in [-0.2, -0.15) is 0 Å². The number of aliphatic hydroxyl groups is 1. The number of aliphatic hydroxyl groups excluding tert-OH is 1. The molecule has 1 rings (SSSR count). The molecule has 0 atom stereocenters. The number of carbonyl (C=O) groups is 1. The van der Waals surface area contributed by atoms with E-state index in [1.165, 1.54) is 0 Å². The molecule has 0 aromatic rings. The third kappa shape index (κ3) is 4.75. The highest BCUT2D eigenvalue weighted by Crippen LogP contribution is 2.23. The van der Waals surface area contributed by atoms with Crippen LogP contribution in [0.15, 0.2) is 0 Å². The molecule has 1 heterocycles. The van der Waals surface area contributed by atoms with Gasteiger partial charge in [0, 0.05) is 32.2 Å². The van der Waals surface area contributed by atoms with Gasteiger partial charge in [-0.05, 0) is 33.2 Å². The summed E-state index contributed by atoms with van der Waals surface area (Å²) in [7, 11) is 0. The van der Waals surface area contributed by atoms with Crippen molar-refractivity contribution in [2.24, 2.45) is 11.1 Å². The van der Waals surface area contributed by atoms with Gasteiger partial charge >= 0.3 is 0 Å². The lowest BCUT2D eigenvalue weighted by atomic mass is 9.89. The summed E-state index contributed by atoms with van der Waals surface area (Å²) in [5, 5.41) is 9.03. The van der Waals surface area contributed by atoms with Crippen LogP contribution in [0.4, 0.5) is 0 Å². The van der Waals surface area contributed by atoms with Gasteiger partial charge in [-0.3, -0.25) is 4.79 Å². The number of likely N-dealkylation sites (tertiary alicyclic amines) is 1. The summed E-state index contributed by atoms with van der Waals surface area (Å²) in [6.07, 6.45) is 1.80. The van der Waals surface area contributed by atoms with Crippen LogP contribution in [-0.2, 0) is 4.79 Å². The van der Waals surface area contributed by atoms with Crippen molar-refractivity contribution in [1.82, 2.24) is 9.80 Å². The fourth-order valence-corrected chi connectivity index (χ4v) is 2.65. The average molecular weight is 271 g/mol. The number of piperidine rings is 1. The molecule has 112 valence electrons. The molecule has 0 radical (unpaired) electrons. The standard InChI is InChI=1S/C14H29N3O2/c1-4-16(9-10-18)11-14(2,3)13(19)17-7-5-12(15)6-8-17/h12,18H,4-11,15H2,1-3H3. The van der Waals surface area contributed by atoms with Crippen molar-refractivity contribution in [2.45, 2.75) is 39.7 Å². The van der Waals surface area contributed by atoms with Crippen molar-refractivity contribution in [3.8, 4) is 0 Å². The highest BCUT2D eigenvalue weighted by atomic mass is 16.3. The zero-order valence-corrected chi connectivity index (χ0v) is 12.6. The second-order valence-corrected chi connectivity index (χ2v) is 6.11. The minimum absolute atomic E-state index is 0.136. The number of carbonyl (C=O) groups excluding carboxylic acids is 1. The molecule has 1 saturated heterocycles. The molecular weight excluding hydrogens is 242 g/mol. The van der Waals surface area contributed by atoms with E-state index in [1.807, 2.05) is 18.7 Å². The maximum Gasteiger partial charge on any atom is 0.229 e. The van der Waals surface area contributed by atoms with Crippen LogP contribution < -0.4 is 5.73 Å². The lowest BCUT2D eigenvalue weighted by Gasteiger charge is -2.38. The third-order valence-corrected chi connectivity index (χ3v) is 3.89. The van der Waals surface area contributed by atoms with Crippen molar-refractivity contribution in [3.63, 3.8) is 0 Å². The Labute approximate surface area is 116 Å². The Morgan fingerprint density at radius 3 is 2.47 bits per heavy atom. The van der Waals surface area contributed by atoms with Gasteiger partial charge < -0.3 is 20.6 Å². The van der Waals surface area contributed by atoms with E-state index in [1.54, 1.807) is 0 Å². The number of rotatable bonds is 6. The molecule has 1 aliphatic rings. The van der Waals surface area contributed by atoms with Gasteiger partial charge in [-0.1, -0.05) is 6.92 Å². The van der Waals surface area contributed by atoms with Crippen LogP contribution >= 0.6 is 0 Å². The summed E-state index contributed by atoms with van der Waals surface area (Å²) in [5.41, 5.74) is 5.46. The molecule has 0 saturated carbocycles. The summed E-state index contributed by atoms with van der Waals surface area (Å²) >= 11 is 0. The van der Waals surface area contributed by atoms with E-state index in [4.69, 9.17) is 10.8 Å². The second-order valence-electron chi connectivity index (χ2n) is 6.11. The van der Waals surface area contributed by atoms with Gasteiger partial charge in [0.05, 0.1) is 12.0 Å². The molecule has 19 heavy (non-hydrogen) atoms. The maximum atomic E-state index is 12.6. The van der Waals surface area contributed by atoms with Crippen molar-refractivity contribution in [3.05, 3.63) is 0 Å². The van der Waals surface area contributed by atoms with Crippen molar-refractivity contribution >= 4 is 5.91 Å². The van der Waals surface area contributed by atoms with Gasteiger partial charge in [0.15, 0.2) is 0 Å². The van der Waals surface area contributed by atoms with Crippen molar-refractivity contribution in [2.75, 3.05) is 39.3 Å². The van der Waals surface area contributed by atoms with Crippen LogP contribution in [0.1, 0.15) is 33.6 Å². The van der Waals surface area contributed by atoms with Crippen LogP contribution in [0.25, 0.3) is 0 Å². The smallest absolute Gasteiger partial charge is 0.229 e. The van der Waals surface area contributed by atoms with E-state index in [0.29, 0.717) is 13.1 Å². The second kappa shape index (κ2) is 7.22. The van der Waals surface area contributed by atoms with E-state index in [0.717, 1.165) is 32.5 Å². The normalized spacial score (nSPS) is 18.1. The first-order valence-corrected chi connectivity index (χ1v) is 7.29. The Bertz CT molecular complexity index is 286. The molecule has 1 fully saturated rings. The van der Waals surface area contributed by atoms with Gasteiger partial charge in [0.25, 0.3) is 0 Å². The number of hydrogen-bond donors (Lipinski definition) is 2. The quantitative estimate of drug-likeness (QED) is 0.728. The van der Waals surface area contributed by atoms with Gasteiger partial charge in [-0.15, -0.1) is 0 Å². The Balaban J connectivity index is 2.57. The van der Waals surface area contributed by atoms with Crippen LogP contribution in [0.3, 0.4) is 0 Å². The Morgan fingerprint density at radius 2 is 2.00 bits per heavy atom. The fourth-order valence-electron chi connectivity index (χ4n) is 2.65. The van der Waals surface area contributed by atoms with E-state index in [2.05, 4.69) is 11.8 Å². The molecule has 0 spiro atoms. The lowest BCUT2D eigenvalue weighted by molar-refractivity contribution is -0.142. The fraction of sp³-hybridized carbons (Fsp3) is 0.929.